The highest BCUT2D eigenvalue weighted by Gasteiger charge is 2.48. The number of carbonyl (C=O) groups excluding carboxylic acids is 2. The summed E-state index contributed by atoms with van der Waals surface area (Å²) in [5, 5.41) is 2.95. The van der Waals surface area contributed by atoms with Crippen LogP contribution in [0, 0.1) is 5.92 Å². The summed E-state index contributed by atoms with van der Waals surface area (Å²) in [6, 6.07) is 0. The fraction of sp³-hybridized carbons (Fsp3) is 0.857. The van der Waals surface area contributed by atoms with Crippen LogP contribution in [0.15, 0.2) is 0 Å². The van der Waals surface area contributed by atoms with Gasteiger partial charge in [0, 0.05) is 19.1 Å². The molecule has 1 N–H and O–H groups in total. The van der Waals surface area contributed by atoms with Crippen LogP contribution in [-0.4, -0.2) is 48.1 Å². The predicted octanol–water partition coefficient (Wildman–Crippen LogP) is 0.683. The summed E-state index contributed by atoms with van der Waals surface area (Å²) in [6.45, 7) is 3.70. The monoisotopic (exact) mass is 266 g/mol. The van der Waals surface area contributed by atoms with Gasteiger partial charge in [-0.2, -0.15) is 0 Å². The summed E-state index contributed by atoms with van der Waals surface area (Å²) in [4.78, 5) is 26.3. The van der Waals surface area contributed by atoms with E-state index in [0.717, 1.165) is 38.7 Å². The number of piperazine rings is 1. The molecule has 2 amide bonds. The highest BCUT2D eigenvalue weighted by Crippen LogP contribution is 2.34. The summed E-state index contributed by atoms with van der Waals surface area (Å²) in [7, 11) is 0. The largest absolute Gasteiger partial charge is 0.378 e. The minimum absolute atomic E-state index is 0.00642. The van der Waals surface area contributed by atoms with Gasteiger partial charge in [0.05, 0.1) is 12.6 Å². The van der Waals surface area contributed by atoms with E-state index in [4.69, 9.17) is 4.74 Å². The number of hydrogen-bond acceptors (Lipinski definition) is 3. The van der Waals surface area contributed by atoms with Crippen molar-refractivity contribution in [2.75, 3.05) is 19.7 Å². The van der Waals surface area contributed by atoms with Gasteiger partial charge in [-0.25, -0.2) is 0 Å². The molecule has 2 aliphatic heterocycles. The van der Waals surface area contributed by atoms with E-state index >= 15 is 0 Å². The number of nitrogens with zero attached hydrogens (tertiary/aromatic N) is 1. The van der Waals surface area contributed by atoms with Crippen molar-refractivity contribution >= 4 is 11.8 Å². The average Bonchev–Trinajstić information content (AvgIpc) is 2.97. The molecule has 5 heteroatoms. The van der Waals surface area contributed by atoms with Gasteiger partial charge >= 0.3 is 0 Å². The molecule has 1 saturated carbocycles. The van der Waals surface area contributed by atoms with Crippen LogP contribution in [0.3, 0.4) is 0 Å². The van der Waals surface area contributed by atoms with Crippen LogP contribution in [0.2, 0.25) is 0 Å². The number of amides is 2. The van der Waals surface area contributed by atoms with Gasteiger partial charge < -0.3 is 15.0 Å². The molecule has 1 aliphatic carbocycles. The van der Waals surface area contributed by atoms with Gasteiger partial charge in [-0.05, 0) is 26.2 Å². The van der Waals surface area contributed by atoms with Crippen molar-refractivity contribution in [1.82, 2.24) is 10.2 Å². The fourth-order valence-electron chi connectivity index (χ4n) is 3.67. The lowest BCUT2D eigenvalue weighted by molar-refractivity contribution is -0.150. The standard InChI is InChI=1S/C14H22N2O3/c1-10-11(4-7-19-10)8-16-9-12(17)15-14(13(16)18)5-2-3-6-14/h10-11H,2-9H2,1H3,(H,15,17). The first-order chi connectivity index (χ1) is 9.11. The van der Waals surface area contributed by atoms with Gasteiger partial charge in [-0.3, -0.25) is 9.59 Å². The molecule has 0 radical (unpaired) electrons. The summed E-state index contributed by atoms with van der Waals surface area (Å²) in [6.07, 6.45) is 4.83. The number of rotatable bonds is 2. The molecule has 5 nitrogen and oxygen atoms in total. The summed E-state index contributed by atoms with van der Waals surface area (Å²) in [5.41, 5.74) is -0.585. The topological polar surface area (TPSA) is 58.6 Å². The smallest absolute Gasteiger partial charge is 0.248 e. The lowest BCUT2D eigenvalue weighted by Gasteiger charge is -2.40. The molecular formula is C14H22N2O3. The van der Waals surface area contributed by atoms with Crippen LogP contribution >= 0.6 is 0 Å². The molecule has 2 unspecified atom stereocenters. The molecule has 0 aromatic carbocycles. The Morgan fingerprint density at radius 1 is 1.37 bits per heavy atom. The first-order valence-electron chi connectivity index (χ1n) is 7.33. The van der Waals surface area contributed by atoms with Gasteiger partial charge in [0.2, 0.25) is 11.8 Å². The minimum atomic E-state index is -0.585. The Hall–Kier alpha value is -1.10. The van der Waals surface area contributed by atoms with Crippen LogP contribution in [0.5, 0.6) is 0 Å². The molecule has 2 heterocycles. The average molecular weight is 266 g/mol. The number of carbonyl (C=O) groups is 2. The zero-order valence-electron chi connectivity index (χ0n) is 11.5. The maximum atomic E-state index is 12.7. The van der Waals surface area contributed by atoms with Crippen molar-refractivity contribution < 1.29 is 14.3 Å². The molecule has 0 bridgehead atoms. The Labute approximate surface area is 113 Å². The van der Waals surface area contributed by atoms with E-state index in [0.29, 0.717) is 12.5 Å². The first-order valence-corrected chi connectivity index (χ1v) is 7.33. The van der Waals surface area contributed by atoms with E-state index in [9.17, 15) is 9.59 Å². The normalized spacial score (nSPS) is 34.1. The van der Waals surface area contributed by atoms with Crippen LogP contribution in [0.1, 0.15) is 39.0 Å². The fourth-order valence-corrected chi connectivity index (χ4v) is 3.67. The summed E-state index contributed by atoms with van der Waals surface area (Å²) >= 11 is 0. The molecule has 3 aliphatic rings. The lowest BCUT2D eigenvalue weighted by atomic mass is 9.91. The molecule has 106 valence electrons. The van der Waals surface area contributed by atoms with Crippen molar-refractivity contribution in [1.29, 1.82) is 0 Å². The van der Waals surface area contributed by atoms with Gasteiger partial charge in [-0.15, -0.1) is 0 Å². The quantitative estimate of drug-likeness (QED) is 0.799. The van der Waals surface area contributed by atoms with Crippen molar-refractivity contribution in [2.24, 2.45) is 5.92 Å². The Kier molecular flexibility index (Phi) is 3.25. The van der Waals surface area contributed by atoms with E-state index in [1.54, 1.807) is 4.90 Å². The third-order valence-corrected chi connectivity index (χ3v) is 4.86. The highest BCUT2D eigenvalue weighted by atomic mass is 16.5. The van der Waals surface area contributed by atoms with Crippen molar-refractivity contribution in [3.05, 3.63) is 0 Å². The lowest BCUT2D eigenvalue weighted by Crippen LogP contribution is -2.66. The third kappa shape index (κ3) is 2.24. The molecule has 3 fully saturated rings. The third-order valence-electron chi connectivity index (χ3n) is 4.86. The second-order valence-electron chi connectivity index (χ2n) is 6.15. The zero-order valence-corrected chi connectivity index (χ0v) is 11.5. The van der Waals surface area contributed by atoms with Crippen LogP contribution < -0.4 is 5.32 Å². The first kappa shape index (κ1) is 12.9. The van der Waals surface area contributed by atoms with Crippen molar-refractivity contribution in [3.63, 3.8) is 0 Å². The molecule has 2 atom stereocenters. The Bertz CT molecular complexity index is 390. The SMILES string of the molecule is CC1OCCC1CN1CC(=O)NC2(CCCC2)C1=O. The Morgan fingerprint density at radius 2 is 2.11 bits per heavy atom. The predicted molar refractivity (Wildman–Crippen MR) is 69.4 cm³/mol. The number of ether oxygens (including phenoxy) is 1. The molecule has 0 aromatic heterocycles. The molecule has 3 rings (SSSR count). The van der Waals surface area contributed by atoms with Gasteiger partial charge in [0.1, 0.15) is 5.54 Å². The second-order valence-corrected chi connectivity index (χ2v) is 6.15. The Morgan fingerprint density at radius 3 is 2.74 bits per heavy atom. The maximum Gasteiger partial charge on any atom is 0.248 e. The number of nitrogens with one attached hydrogen (secondary N) is 1. The summed E-state index contributed by atoms with van der Waals surface area (Å²) < 4.78 is 5.55. The molecular weight excluding hydrogens is 244 g/mol. The Balaban J connectivity index is 1.73. The van der Waals surface area contributed by atoms with Gasteiger partial charge in [0.25, 0.3) is 0 Å². The minimum Gasteiger partial charge on any atom is -0.378 e. The van der Waals surface area contributed by atoms with Crippen LogP contribution in [0.25, 0.3) is 0 Å². The summed E-state index contributed by atoms with van der Waals surface area (Å²) in [5.74, 6) is 0.491. The van der Waals surface area contributed by atoms with E-state index in [2.05, 4.69) is 12.2 Å². The van der Waals surface area contributed by atoms with E-state index in [1.165, 1.54) is 0 Å². The van der Waals surface area contributed by atoms with Crippen molar-refractivity contribution in [2.45, 2.75) is 50.7 Å². The molecule has 0 aromatic rings. The van der Waals surface area contributed by atoms with E-state index < -0.39 is 5.54 Å². The maximum absolute atomic E-state index is 12.7. The van der Waals surface area contributed by atoms with Crippen molar-refractivity contribution in [3.8, 4) is 0 Å². The highest BCUT2D eigenvalue weighted by molar-refractivity contribution is 5.98. The molecule has 1 spiro atoms. The molecule has 2 saturated heterocycles. The van der Waals surface area contributed by atoms with E-state index in [-0.39, 0.29) is 24.5 Å². The number of hydrogen-bond donors (Lipinski definition) is 1. The van der Waals surface area contributed by atoms with Crippen LogP contribution in [0.4, 0.5) is 0 Å². The zero-order chi connectivity index (χ0) is 13.5. The second kappa shape index (κ2) is 4.78. The van der Waals surface area contributed by atoms with E-state index in [1.807, 2.05) is 0 Å². The van der Waals surface area contributed by atoms with Gasteiger partial charge in [-0.1, -0.05) is 12.8 Å². The van der Waals surface area contributed by atoms with Crippen LogP contribution in [-0.2, 0) is 14.3 Å². The molecule has 19 heavy (non-hydrogen) atoms. The van der Waals surface area contributed by atoms with Gasteiger partial charge in [0.15, 0.2) is 0 Å².